The number of rotatable bonds is 8. The number of carbonyl (C=O) groups excluding carboxylic acids is 2. The van der Waals surface area contributed by atoms with Gasteiger partial charge in [0, 0.05) is 44.4 Å². The number of hydrogen-bond donors (Lipinski definition) is 3. The van der Waals surface area contributed by atoms with E-state index in [1.165, 1.54) is 19.9 Å². The monoisotopic (exact) mass is 651 g/mol. The van der Waals surface area contributed by atoms with E-state index in [2.05, 4.69) is 15.2 Å². The molecular formula is C31H49N5O8S. The van der Waals surface area contributed by atoms with E-state index in [4.69, 9.17) is 14.0 Å². The van der Waals surface area contributed by atoms with Crippen LogP contribution in [-0.2, 0) is 14.8 Å². The normalized spacial score (nSPS) is 21.0. The Morgan fingerprint density at radius 1 is 1.20 bits per heavy atom. The van der Waals surface area contributed by atoms with Crippen molar-refractivity contribution in [3.8, 4) is 5.75 Å². The number of anilines is 1. The molecule has 252 valence electrons. The number of aryl methyl sites for hydroxylation is 2. The van der Waals surface area contributed by atoms with E-state index in [-0.39, 0.29) is 64.8 Å². The first-order valence-corrected chi connectivity index (χ1v) is 16.9. The largest absolute Gasteiger partial charge is 0.490 e. The van der Waals surface area contributed by atoms with Crippen LogP contribution in [0, 0.1) is 19.8 Å². The van der Waals surface area contributed by atoms with Crippen LogP contribution >= 0.6 is 0 Å². The number of fused-ring (bicyclic) bond motifs is 1. The molecule has 1 aromatic carbocycles. The third-order valence-electron chi connectivity index (χ3n) is 7.75. The molecule has 0 saturated heterocycles. The molecule has 4 atom stereocenters. The van der Waals surface area contributed by atoms with Gasteiger partial charge in [-0.3, -0.25) is 9.52 Å². The number of amides is 3. The van der Waals surface area contributed by atoms with E-state index in [0.717, 1.165) is 12.8 Å². The number of carbonyl (C=O) groups is 2. The number of aromatic nitrogens is 1. The molecule has 0 aliphatic carbocycles. The Labute approximate surface area is 266 Å². The molecule has 0 radical (unpaired) electrons. The van der Waals surface area contributed by atoms with Gasteiger partial charge in [0.1, 0.15) is 11.4 Å². The summed E-state index contributed by atoms with van der Waals surface area (Å²) in [5, 5.41) is 16.8. The number of nitrogens with one attached hydrogen (secondary N) is 2. The van der Waals surface area contributed by atoms with Gasteiger partial charge in [-0.1, -0.05) is 12.1 Å². The Bertz CT molecular complexity index is 1390. The minimum atomic E-state index is -4.08. The molecule has 1 aromatic heterocycles. The Kier molecular flexibility index (Phi) is 12.7. The molecule has 0 unspecified atom stereocenters. The van der Waals surface area contributed by atoms with Crippen LogP contribution in [0.5, 0.6) is 5.75 Å². The molecule has 1 aliphatic heterocycles. The lowest BCUT2D eigenvalue weighted by Crippen LogP contribution is -2.49. The van der Waals surface area contributed by atoms with E-state index in [1.807, 2.05) is 27.7 Å². The van der Waals surface area contributed by atoms with Crippen molar-refractivity contribution in [3.63, 3.8) is 0 Å². The molecule has 0 spiro atoms. The van der Waals surface area contributed by atoms with E-state index >= 15 is 0 Å². The second-order valence-corrected chi connectivity index (χ2v) is 13.9. The number of benzene rings is 1. The van der Waals surface area contributed by atoms with Gasteiger partial charge in [0.2, 0.25) is 0 Å². The number of likely N-dealkylation sites (N-methyl/N-ethyl adjacent to an activating group) is 1. The van der Waals surface area contributed by atoms with Gasteiger partial charge in [-0.25, -0.2) is 13.2 Å². The Morgan fingerprint density at radius 3 is 2.53 bits per heavy atom. The second kappa shape index (κ2) is 15.8. The predicted octanol–water partition coefficient (Wildman–Crippen LogP) is 3.94. The van der Waals surface area contributed by atoms with Gasteiger partial charge in [-0.05, 0) is 79.0 Å². The zero-order valence-electron chi connectivity index (χ0n) is 27.6. The fourth-order valence-electron chi connectivity index (χ4n) is 5.22. The number of urea groups is 1. The van der Waals surface area contributed by atoms with Gasteiger partial charge in [-0.15, -0.1) is 0 Å². The lowest BCUT2D eigenvalue weighted by Gasteiger charge is -2.36. The highest BCUT2D eigenvalue weighted by atomic mass is 32.2. The molecule has 2 aromatic rings. The van der Waals surface area contributed by atoms with Crippen LogP contribution in [-0.4, -0.2) is 98.1 Å². The topological polar surface area (TPSA) is 164 Å². The van der Waals surface area contributed by atoms with Crippen LogP contribution in [0.3, 0.4) is 0 Å². The highest BCUT2D eigenvalue weighted by Gasteiger charge is 2.32. The summed E-state index contributed by atoms with van der Waals surface area (Å²) >= 11 is 0. The Morgan fingerprint density at radius 2 is 1.91 bits per heavy atom. The van der Waals surface area contributed by atoms with Crippen molar-refractivity contribution in [1.82, 2.24) is 20.3 Å². The minimum absolute atomic E-state index is 0.0242. The number of hydrogen-bond acceptors (Lipinski definition) is 9. The van der Waals surface area contributed by atoms with E-state index in [0.29, 0.717) is 25.3 Å². The first kappa shape index (κ1) is 36.1. The SMILES string of the molecule is Cc1noc(C)c1S(=O)(=O)Nc1ccc2c(c1)C(=O)N([C@H](C)CO)C[C@@H](C)[C@@H](CN(C)C(=O)NC(C)C)OCCCC[C@@H](C)O2. The van der Waals surface area contributed by atoms with Crippen molar-refractivity contribution >= 4 is 27.6 Å². The van der Waals surface area contributed by atoms with Gasteiger partial charge in [0.15, 0.2) is 10.7 Å². The number of nitrogens with zero attached hydrogens (tertiary/aromatic N) is 3. The van der Waals surface area contributed by atoms with Crippen LogP contribution in [0.2, 0.25) is 0 Å². The lowest BCUT2D eigenvalue weighted by atomic mass is 10.0. The summed E-state index contributed by atoms with van der Waals surface area (Å²) in [6.45, 7) is 13.1. The Balaban J connectivity index is 2.00. The van der Waals surface area contributed by atoms with Gasteiger partial charge in [-0.2, -0.15) is 0 Å². The van der Waals surface area contributed by atoms with Gasteiger partial charge < -0.3 is 34.2 Å². The highest BCUT2D eigenvalue weighted by Crippen LogP contribution is 2.30. The smallest absolute Gasteiger partial charge is 0.317 e. The minimum Gasteiger partial charge on any atom is -0.490 e. The first-order chi connectivity index (χ1) is 21.1. The summed E-state index contributed by atoms with van der Waals surface area (Å²) in [7, 11) is -2.37. The molecule has 0 fully saturated rings. The number of aliphatic hydroxyl groups is 1. The molecule has 0 saturated carbocycles. The molecule has 0 bridgehead atoms. The summed E-state index contributed by atoms with van der Waals surface area (Å²) in [5.41, 5.74) is 0.520. The molecular weight excluding hydrogens is 602 g/mol. The molecule has 2 heterocycles. The van der Waals surface area contributed by atoms with Crippen molar-refractivity contribution in [2.24, 2.45) is 5.92 Å². The second-order valence-electron chi connectivity index (χ2n) is 12.3. The first-order valence-electron chi connectivity index (χ1n) is 15.5. The summed E-state index contributed by atoms with van der Waals surface area (Å²) in [4.78, 5) is 30.0. The molecule has 13 nitrogen and oxygen atoms in total. The fourth-order valence-corrected chi connectivity index (χ4v) is 6.60. The number of ether oxygens (including phenoxy) is 2. The zero-order valence-corrected chi connectivity index (χ0v) is 28.4. The third-order valence-corrected chi connectivity index (χ3v) is 9.38. The van der Waals surface area contributed by atoms with Crippen LogP contribution in [0.1, 0.15) is 75.7 Å². The van der Waals surface area contributed by atoms with E-state index < -0.39 is 28.1 Å². The highest BCUT2D eigenvalue weighted by molar-refractivity contribution is 7.92. The summed E-state index contributed by atoms with van der Waals surface area (Å²) < 4.78 is 46.6. The average Bonchev–Trinajstić information content (AvgIpc) is 3.32. The maximum absolute atomic E-state index is 14.3. The van der Waals surface area contributed by atoms with Gasteiger partial charge >= 0.3 is 6.03 Å². The predicted molar refractivity (Wildman–Crippen MR) is 170 cm³/mol. The van der Waals surface area contributed by atoms with Crippen molar-refractivity contribution in [1.29, 1.82) is 0 Å². The van der Waals surface area contributed by atoms with Crippen LogP contribution in [0.4, 0.5) is 10.5 Å². The number of sulfonamides is 1. The van der Waals surface area contributed by atoms with Crippen molar-refractivity contribution in [2.75, 3.05) is 38.1 Å². The van der Waals surface area contributed by atoms with Gasteiger partial charge in [0.25, 0.3) is 15.9 Å². The summed E-state index contributed by atoms with van der Waals surface area (Å²) in [6.07, 6.45) is 1.67. The van der Waals surface area contributed by atoms with Crippen LogP contribution in [0.25, 0.3) is 0 Å². The van der Waals surface area contributed by atoms with Crippen LogP contribution < -0.4 is 14.8 Å². The van der Waals surface area contributed by atoms with Crippen molar-refractivity contribution < 1.29 is 37.1 Å². The molecule has 3 N–H and O–H groups in total. The molecule has 45 heavy (non-hydrogen) atoms. The number of aliphatic hydroxyl groups excluding tert-OH is 1. The quantitative estimate of drug-likeness (QED) is 0.384. The maximum Gasteiger partial charge on any atom is 0.317 e. The van der Waals surface area contributed by atoms with Crippen molar-refractivity contribution in [2.45, 2.75) is 96.9 Å². The molecule has 14 heteroatoms. The Hall–Kier alpha value is -3.36. The summed E-state index contributed by atoms with van der Waals surface area (Å²) in [5.74, 6) is -0.214. The standard InChI is InChI=1S/C31H49N5O8S/c1-19(2)32-31(39)35(8)17-28-20(3)16-36(21(4)18-37)30(38)26-15-25(34-45(40,41)29-23(6)33-44-24(29)7)12-13-27(26)43-22(5)11-9-10-14-42-28/h12-13,15,19-22,28,34,37H,9-11,14,16-18H2,1-8H3,(H,32,39)/t20-,21-,22-,28-/m1/s1. The fraction of sp³-hybridized carbons (Fsp3) is 0.645. The lowest BCUT2D eigenvalue weighted by molar-refractivity contribution is -0.0122. The van der Waals surface area contributed by atoms with E-state index in [9.17, 15) is 23.1 Å². The van der Waals surface area contributed by atoms with E-state index in [1.54, 1.807) is 35.9 Å². The third kappa shape index (κ3) is 9.57. The zero-order chi connectivity index (χ0) is 33.5. The van der Waals surface area contributed by atoms with Gasteiger partial charge in [0.05, 0.1) is 30.4 Å². The summed E-state index contributed by atoms with van der Waals surface area (Å²) in [6, 6.07) is 3.75. The molecule has 1 aliphatic rings. The maximum atomic E-state index is 14.3. The molecule has 3 rings (SSSR count). The average molecular weight is 652 g/mol. The van der Waals surface area contributed by atoms with Crippen LogP contribution in [0.15, 0.2) is 27.6 Å². The van der Waals surface area contributed by atoms with Crippen molar-refractivity contribution in [3.05, 3.63) is 35.2 Å². The molecule has 3 amide bonds.